The lowest BCUT2D eigenvalue weighted by Crippen LogP contribution is -2.37. The minimum absolute atomic E-state index is 0.0470. The Kier molecular flexibility index (Phi) is 6.84. The molecule has 2 aromatic rings. The summed E-state index contributed by atoms with van der Waals surface area (Å²) in [5, 5.41) is 0. The highest BCUT2D eigenvalue weighted by molar-refractivity contribution is 7.91. The molecule has 1 heterocycles. The maximum atomic E-state index is 12.3. The van der Waals surface area contributed by atoms with Gasteiger partial charge in [0.1, 0.15) is 11.5 Å². The number of nitrogens with two attached hydrogens (primary N) is 1. The highest BCUT2D eigenvalue weighted by atomic mass is 32.2. The summed E-state index contributed by atoms with van der Waals surface area (Å²) in [5.41, 5.74) is 5.14. The normalized spacial score (nSPS) is 11.5. The van der Waals surface area contributed by atoms with E-state index in [-0.39, 0.29) is 22.2 Å². The van der Waals surface area contributed by atoms with Crippen molar-refractivity contribution in [2.24, 2.45) is 0 Å². The van der Waals surface area contributed by atoms with E-state index in [2.05, 4.69) is 4.98 Å². The SMILES string of the molecule is CCCCn1c(N)c(N(C)CCCS(=O)(=O)c2ccccc2)c(=O)[nH]c1=O. The van der Waals surface area contributed by atoms with Crippen molar-refractivity contribution in [3.8, 4) is 0 Å². The standard InChI is InChI=1S/C18H26N4O4S/c1-3-4-12-22-16(19)15(17(23)20-18(22)24)21(2)11-8-13-27(25,26)14-9-6-5-7-10-14/h5-7,9-10H,3-4,8,11-13,19H2,1-2H3,(H,20,23,24). The zero-order valence-corrected chi connectivity index (χ0v) is 16.5. The number of hydrogen-bond donors (Lipinski definition) is 2. The number of nitrogen functional groups attached to an aromatic ring is 1. The van der Waals surface area contributed by atoms with Crippen LogP contribution in [0.15, 0.2) is 44.8 Å². The summed E-state index contributed by atoms with van der Waals surface area (Å²) in [5.74, 6) is 0.0554. The molecule has 0 aliphatic carbocycles. The zero-order chi connectivity index (χ0) is 20.0. The first-order chi connectivity index (χ1) is 12.8. The molecule has 27 heavy (non-hydrogen) atoms. The summed E-state index contributed by atoms with van der Waals surface area (Å²) >= 11 is 0. The molecule has 0 fully saturated rings. The molecule has 0 spiro atoms. The minimum atomic E-state index is -3.38. The average molecular weight is 394 g/mol. The maximum absolute atomic E-state index is 12.3. The number of aromatic nitrogens is 2. The van der Waals surface area contributed by atoms with E-state index < -0.39 is 21.1 Å². The first-order valence-electron chi connectivity index (χ1n) is 8.89. The van der Waals surface area contributed by atoms with Gasteiger partial charge in [-0.2, -0.15) is 0 Å². The van der Waals surface area contributed by atoms with Gasteiger partial charge in [0.15, 0.2) is 9.84 Å². The van der Waals surface area contributed by atoms with Crippen molar-refractivity contribution in [1.82, 2.24) is 9.55 Å². The van der Waals surface area contributed by atoms with Crippen molar-refractivity contribution >= 4 is 21.3 Å². The van der Waals surface area contributed by atoms with Gasteiger partial charge in [-0.05, 0) is 25.0 Å². The smallest absolute Gasteiger partial charge is 0.330 e. The van der Waals surface area contributed by atoms with Gasteiger partial charge in [0.05, 0.1) is 10.6 Å². The van der Waals surface area contributed by atoms with Crippen molar-refractivity contribution in [2.45, 2.75) is 37.6 Å². The lowest BCUT2D eigenvalue weighted by atomic mass is 10.3. The Morgan fingerprint density at radius 1 is 1.15 bits per heavy atom. The largest absolute Gasteiger partial charge is 0.383 e. The Morgan fingerprint density at radius 3 is 2.44 bits per heavy atom. The molecule has 0 saturated carbocycles. The van der Waals surface area contributed by atoms with Crippen molar-refractivity contribution in [2.75, 3.05) is 30.0 Å². The third-order valence-corrected chi connectivity index (χ3v) is 6.16. The molecular weight excluding hydrogens is 368 g/mol. The molecule has 1 aromatic carbocycles. The minimum Gasteiger partial charge on any atom is -0.383 e. The maximum Gasteiger partial charge on any atom is 0.330 e. The Bertz CT molecular complexity index is 981. The van der Waals surface area contributed by atoms with Crippen LogP contribution in [0.4, 0.5) is 11.5 Å². The van der Waals surface area contributed by atoms with E-state index in [0.29, 0.717) is 19.5 Å². The topological polar surface area (TPSA) is 118 Å². The summed E-state index contributed by atoms with van der Waals surface area (Å²) in [6.07, 6.45) is 1.96. The second kappa shape index (κ2) is 8.90. The summed E-state index contributed by atoms with van der Waals surface area (Å²) in [4.78, 5) is 28.3. The van der Waals surface area contributed by atoms with Gasteiger partial charge in [0.2, 0.25) is 0 Å². The number of hydrogen-bond acceptors (Lipinski definition) is 6. The lowest BCUT2D eigenvalue weighted by molar-refractivity contribution is 0.592. The fourth-order valence-corrected chi connectivity index (χ4v) is 4.15. The molecule has 0 saturated heterocycles. The molecule has 148 valence electrons. The van der Waals surface area contributed by atoms with Crippen molar-refractivity contribution in [3.63, 3.8) is 0 Å². The molecule has 8 nitrogen and oxygen atoms in total. The summed E-state index contributed by atoms with van der Waals surface area (Å²) in [6.45, 7) is 2.72. The number of unbranched alkanes of at least 4 members (excludes halogenated alkanes) is 1. The van der Waals surface area contributed by atoms with E-state index in [1.54, 1.807) is 42.3 Å². The van der Waals surface area contributed by atoms with E-state index in [9.17, 15) is 18.0 Å². The van der Waals surface area contributed by atoms with Crippen LogP contribution in [0.3, 0.4) is 0 Å². The van der Waals surface area contributed by atoms with Crippen molar-refractivity contribution in [1.29, 1.82) is 0 Å². The van der Waals surface area contributed by atoms with Gasteiger partial charge < -0.3 is 10.6 Å². The number of aromatic amines is 1. The molecule has 0 aliphatic heterocycles. The molecule has 0 radical (unpaired) electrons. The fourth-order valence-electron chi connectivity index (χ4n) is 2.83. The molecule has 0 amide bonds. The first kappa shape index (κ1) is 20.8. The molecule has 1 aromatic heterocycles. The predicted molar refractivity (Wildman–Crippen MR) is 107 cm³/mol. The van der Waals surface area contributed by atoms with E-state index in [0.717, 1.165) is 12.8 Å². The van der Waals surface area contributed by atoms with E-state index in [1.807, 2.05) is 6.92 Å². The predicted octanol–water partition coefficient (Wildman–Crippen LogP) is 1.22. The summed E-state index contributed by atoms with van der Waals surface area (Å²) in [6, 6.07) is 8.24. The number of rotatable bonds is 9. The number of anilines is 2. The molecular formula is C18H26N4O4S. The van der Waals surface area contributed by atoms with Crippen LogP contribution in [0.25, 0.3) is 0 Å². The lowest BCUT2D eigenvalue weighted by Gasteiger charge is -2.21. The second-order valence-electron chi connectivity index (χ2n) is 6.41. The van der Waals surface area contributed by atoms with Crippen LogP contribution in [-0.2, 0) is 16.4 Å². The van der Waals surface area contributed by atoms with Crippen molar-refractivity contribution in [3.05, 3.63) is 51.2 Å². The number of nitrogens with zero attached hydrogens (tertiary/aromatic N) is 2. The summed E-state index contributed by atoms with van der Waals surface area (Å²) in [7, 11) is -1.73. The Hall–Kier alpha value is -2.55. The van der Waals surface area contributed by atoms with E-state index >= 15 is 0 Å². The van der Waals surface area contributed by atoms with Gasteiger partial charge in [-0.25, -0.2) is 13.2 Å². The molecule has 2 rings (SSSR count). The molecule has 0 bridgehead atoms. The van der Waals surface area contributed by atoms with Crippen LogP contribution in [0, 0.1) is 0 Å². The van der Waals surface area contributed by atoms with Gasteiger partial charge in [-0.1, -0.05) is 31.5 Å². The Morgan fingerprint density at radius 2 is 1.81 bits per heavy atom. The van der Waals surface area contributed by atoms with Gasteiger partial charge in [0, 0.05) is 20.1 Å². The van der Waals surface area contributed by atoms with Gasteiger partial charge in [-0.3, -0.25) is 14.3 Å². The summed E-state index contributed by atoms with van der Waals surface area (Å²) < 4.78 is 26.0. The molecule has 3 N–H and O–H groups in total. The van der Waals surface area contributed by atoms with Gasteiger partial charge in [0.25, 0.3) is 5.56 Å². The zero-order valence-electron chi connectivity index (χ0n) is 15.6. The monoisotopic (exact) mass is 394 g/mol. The second-order valence-corrected chi connectivity index (χ2v) is 8.51. The third-order valence-electron chi connectivity index (χ3n) is 4.34. The number of H-pyrrole nitrogens is 1. The van der Waals surface area contributed by atoms with Crippen LogP contribution >= 0.6 is 0 Å². The molecule has 0 atom stereocenters. The fraction of sp³-hybridized carbons (Fsp3) is 0.444. The van der Waals surface area contributed by atoms with Crippen LogP contribution in [0.1, 0.15) is 26.2 Å². The van der Waals surface area contributed by atoms with Crippen LogP contribution in [0.5, 0.6) is 0 Å². The Labute approximate surface area is 158 Å². The third kappa shape index (κ3) is 5.00. The van der Waals surface area contributed by atoms with Crippen LogP contribution in [-0.4, -0.2) is 37.3 Å². The highest BCUT2D eigenvalue weighted by Crippen LogP contribution is 2.17. The van der Waals surface area contributed by atoms with Gasteiger partial charge in [-0.15, -0.1) is 0 Å². The average Bonchev–Trinajstić information content (AvgIpc) is 2.62. The first-order valence-corrected chi connectivity index (χ1v) is 10.5. The van der Waals surface area contributed by atoms with Crippen LogP contribution < -0.4 is 21.9 Å². The number of benzene rings is 1. The molecule has 0 aliphatic rings. The molecule has 9 heteroatoms. The quantitative estimate of drug-likeness (QED) is 0.660. The molecule has 0 unspecified atom stereocenters. The Balaban J connectivity index is 2.13. The number of nitrogens with one attached hydrogen (secondary N) is 1. The van der Waals surface area contributed by atoms with Crippen molar-refractivity contribution < 1.29 is 8.42 Å². The number of sulfone groups is 1. The van der Waals surface area contributed by atoms with E-state index in [4.69, 9.17) is 5.73 Å². The highest BCUT2D eigenvalue weighted by Gasteiger charge is 2.18. The van der Waals surface area contributed by atoms with E-state index in [1.165, 1.54) is 4.57 Å². The van der Waals surface area contributed by atoms with Crippen LogP contribution in [0.2, 0.25) is 0 Å². The van der Waals surface area contributed by atoms with Gasteiger partial charge >= 0.3 is 5.69 Å².